The number of hydrogen-bond donors (Lipinski definition) is 1. The van der Waals surface area contributed by atoms with Crippen molar-refractivity contribution in [2.75, 3.05) is 7.05 Å². The Morgan fingerprint density at radius 2 is 2.28 bits per heavy atom. The van der Waals surface area contributed by atoms with E-state index in [-0.39, 0.29) is 16.9 Å². The smallest absolute Gasteiger partial charge is 0.142 e. The van der Waals surface area contributed by atoms with Crippen LogP contribution in [-0.2, 0) is 13.5 Å². The van der Waals surface area contributed by atoms with E-state index in [4.69, 9.17) is 11.6 Å². The maximum absolute atomic E-state index is 13.4. The zero-order valence-electron chi connectivity index (χ0n) is 10.3. The van der Waals surface area contributed by atoms with E-state index < -0.39 is 0 Å². The average Bonchev–Trinajstić information content (AvgIpc) is 2.77. The quantitative estimate of drug-likeness (QED) is 0.923. The van der Waals surface area contributed by atoms with Gasteiger partial charge in [-0.3, -0.25) is 0 Å². The summed E-state index contributed by atoms with van der Waals surface area (Å²) in [5.41, 5.74) is 1.83. The van der Waals surface area contributed by atoms with Gasteiger partial charge in [-0.2, -0.15) is 0 Å². The Labute approximate surface area is 111 Å². The molecule has 1 aromatic heterocycles. The van der Waals surface area contributed by atoms with Crippen LogP contribution in [-0.4, -0.2) is 16.6 Å². The molecule has 0 aliphatic rings. The number of rotatable bonds is 4. The van der Waals surface area contributed by atoms with Crippen LogP contribution in [0.15, 0.2) is 30.7 Å². The van der Waals surface area contributed by atoms with Gasteiger partial charge < -0.3 is 9.88 Å². The SMILES string of the molecule is CNC(Cc1ccc(Cl)c(F)c1)c1cn(C)cn1. The summed E-state index contributed by atoms with van der Waals surface area (Å²) in [5.74, 6) is -0.384. The number of benzene rings is 1. The van der Waals surface area contributed by atoms with Crippen molar-refractivity contribution in [2.45, 2.75) is 12.5 Å². The number of hydrogen-bond acceptors (Lipinski definition) is 2. The molecule has 0 aliphatic carbocycles. The second kappa shape index (κ2) is 5.50. The fourth-order valence-electron chi connectivity index (χ4n) is 1.87. The van der Waals surface area contributed by atoms with Crippen molar-refractivity contribution in [2.24, 2.45) is 7.05 Å². The monoisotopic (exact) mass is 267 g/mol. The zero-order chi connectivity index (χ0) is 13.1. The Morgan fingerprint density at radius 1 is 1.50 bits per heavy atom. The summed E-state index contributed by atoms with van der Waals surface area (Å²) in [6.07, 6.45) is 4.37. The molecule has 18 heavy (non-hydrogen) atoms. The molecule has 5 heteroatoms. The highest BCUT2D eigenvalue weighted by molar-refractivity contribution is 6.30. The fraction of sp³-hybridized carbons (Fsp3) is 0.308. The fourth-order valence-corrected chi connectivity index (χ4v) is 1.99. The van der Waals surface area contributed by atoms with Crippen molar-refractivity contribution < 1.29 is 4.39 Å². The number of aryl methyl sites for hydroxylation is 1. The van der Waals surface area contributed by atoms with Crippen molar-refractivity contribution in [3.05, 3.63) is 52.8 Å². The average molecular weight is 268 g/mol. The van der Waals surface area contributed by atoms with Crippen LogP contribution in [0, 0.1) is 5.82 Å². The van der Waals surface area contributed by atoms with Gasteiger partial charge in [0.1, 0.15) is 5.82 Å². The van der Waals surface area contributed by atoms with Gasteiger partial charge in [0, 0.05) is 13.2 Å². The Kier molecular flexibility index (Phi) is 3.99. The number of likely N-dealkylation sites (N-methyl/N-ethyl adjacent to an activating group) is 1. The molecule has 1 heterocycles. The van der Waals surface area contributed by atoms with Crippen LogP contribution in [0.1, 0.15) is 17.3 Å². The second-order valence-electron chi connectivity index (χ2n) is 4.26. The van der Waals surface area contributed by atoms with Crippen molar-refractivity contribution in [1.82, 2.24) is 14.9 Å². The highest BCUT2D eigenvalue weighted by atomic mass is 35.5. The molecular weight excluding hydrogens is 253 g/mol. The normalized spacial score (nSPS) is 12.7. The number of halogens is 2. The molecule has 0 fully saturated rings. The molecule has 0 spiro atoms. The third-order valence-electron chi connectivity index (χ3n) is 2.85. The first-order valence-corrected chi connectivity index (χ1v) is 6.07. The van der Waals surface area contributed by atoms with Crippen LogP contribution >= 0.6 is 11.6 Å². The lowest BCUT2D eigenvalue weighted by atomic mass is 10.0. The lowest BCUT2D eigenvalue weighted by Gasteiger charge is -2.14. The molecule has 1 atom stereocenters. The lowest BCUT2D eigenvalue weighted by Crippen LogP contribution is -2.19. The van der Waals surface area contributed by atoms with E-state index >= 15 is 0 Å². The van der Waals surface area contributed by atoms with E-state index in [1.807, 2.05) is 30.9 Å². The predicted octanol–water partition coefficient (Wildman–Crippen LogP) is 2.72. The van der Waals surface area contributed by atoms with Gasteiger partial charge in [0.25, 0.3) is 0 Å². The van der Waals surface area contributed by atoms with Crippen LogP contribution in [0.3, 0.4) is 0 Å². The third-order valence-corrected chi connectivity index (χ3v) is 3.16. The molecule has 2 rings (SSSR count). The molecule has 1 unspecified atom stereocenters. The zero-order valence-corrected chi connectivity index (χ0v) is 11.1. The van der Waals surface area contributed by atoms with Gasteiger partial charge in [0.15, 0.2) is 0 Å². The van der Waals surface area contributed by atoms with Gasteiger partial charge in [0.05, 0.1) is 23.1 Å². The highest BCUT2D eigenvalue weighted by Crippen LogP contribution is 2.20. The maximum atomic E-state index is 13.4. The predicted molar refractivity (Wildman–Crippen MR) is 70.1 cm³/mol. The van der Waals surface area contributed by atoms with Gasteiger partial charge in [-0.1, -0.05) is 17.7 Å². The summed E-state index contributed by atoms with van der Waals surface area (Å²) < 4.78 is 15.3. The highest BCUT2D eigenvalue weighted by Gasteiger charge is 2.13. The van der Waals surface area contributed by atoms with Gasteiger partial charge in [-0.25, -0.2) is 9.37 Å². The molecule has 96 valence electrons. The molecule has 0 amide bonds. The van der Waals surface area contributed by atoms with Crippen LogP contribution in [0.5, 0.6) is 0 Å². The van der Waals surface area contributed by atoms with E-state index in [0.29, 0.717) is 6.42 Å². The summed E-state index contributed by atoms with van der Waals surface area (Å²) in [4.78, 5) is 4.30. The Hall–Kier alpha value is -1.39. The lowest BCUT2D eigenvalue weighted by molar-refractivity contribution is 0.572. The van der Waals surface area contributed by atoms with Crippen LogP contribution in [0.25, 0.3) is 0 Å². The van der Waals surface area contributed by atoms with Crippen LogP contribution in [0.2, 0.25) is 5.02 Å². The topological polar surface area (TPSA) is 29.9 Å². The maximum Gasteiger partial charge on any atom is 0.142 e. The Morgan fingerprint density at radius 3 is 2.83 bits per heavy atom. The minimum atomic E-state index is -0.384. The van der Waals surface area contributed by atoms with Crippen molar-refractivity contribution >= 4 is 11.6 Å². The molecule has 0 saturated carbocycles. The summed E-state index contributed by atoms with van der Waals surface area (Å²) in [6, 6.07) is 4.94. The Bertz CT molecular complexity index is 539. The second-order valence-corrected chi connectivity index (χ2v) is 4.67. The molecule has 0 aliphatic heterocycles. The summed E-state index contributed by atoms with van der Waals surface area (Å²) in [7, 11) is 3.79. The van der Waals surface area contributed by atoms with Crippen LogP contribution < -0.4 is 5.32 Å². The Balaban J connectivity index is 2.17. The molecule has 2 aromatic rings. The van der Waals surface area contributed by atoms with Gasteiger partial charge in [-0.15, -0.1) is 0 Å². The van der Waals surface area contributed by atoms with Gasteiger partial charge in [0.2, 0.25) is 0 Å². The largest absolute Gasteiger partial charge is 0.340 e. The molecular formula is C13H15ClFN3. The van der Waals surface area contributed by atoms with E-state index in [1.54, 1.807) is 12.4 Å². The van der Waals surface area contributed by atoms with Crippen LogP contribution in [0.4, 0.5) is 4.39 Å². The van der Waals surface area contributed by atoms with Crippen molar-refractivity contribution in [1.29, 1.82) is 0 Å². The van der Waals surface area contributed by atoms with E-state index in [1.165, 1.54) is 6.07 Å². The standard InChI is InChI=1S/C13H15ClFN3/c1-16-12(13-7-18(2)8-17-13)6-9-3-4-10(14)11(15)5-9/h3-5,7-8,12,16H,6H2,1-2H3. The number of nitrogens with zero attached hydrogens (tertiary/aromatic N) is 2. The first kappa shape index (κ1) is 13.1. The van der Waals surface area contributed by atoms with E-state index in [2.05, 4.69) is 10.3 Å². The minimum absolute atomic E-state index is 0.0618. The molecule has 1 N–H and O–H groups in total. The summed E-state index contributed by atoms with van der Waals surface area (Å²) in [6.45, 7) is 0. The van der Waals surface area contributed by atoms with Crippen molar-refractivity contribution in [3.8, 4) is 0 Å². The minimum Gasteiger partial charge on any atom is -0.340 e. The first-order valence-electron chi connectivity index (χ1n) is 5.69. The molecule has 1 aromatic carbocycles. The number of nitrogens with one attached hydrogen (secondary N) is 1. The summed E-state index contributed by atoms with van der Waals surface area (Å²) >= 11 is 5.67. The van der Waals surface area contributed by atoms with E-state index in [0.717, 1.165) is 11.3 Å². The number of imidazole rings is 1. The third kappa shape index (κ3) is 2.89. The molecule has 3 nitrogen and oxygen atoms in total. The molecule has 0 saturated heterocycles. The van der Waals surface area contributed by atoms with Gasteiger partial charge in [-0.05, 0) is 31.2 Å². The van der Waals surface area contributed by atoms with E-state index in [9.17, 15) is 4.39 Å². The molecule has 0 bridgehead atoms. The van der Waals surface area contributed by atoms with Crippen molar-refractivity contribution in [3.63, 3.8) is 0 Å². The van der Waals surface area contributed by atoms with Gasteiger partial charge >= 0.3 is 0 Å². The summed E-state index contributed by atoms with van der Waals surface area (Å²) in [5, 5.41) is 3.33. The number of aromatic nitrogens is 2. The molecule has 0 radical (unpaired) electrons. The first-order chi connectivity index (χ1) is 8.60.